The maximum atomic E-state index is 5.20. The van der Waals surface area contributed by atoms with E-state index in [9.17, 15) is 0 Å². The van der Waals surface area contributed by atoms with Gasteiger partial charge in [0.15, 0.2) is 0 Å². The minimum atomic E-state index is 0.507. The number of hydrogen-bond donors (Lipinski definition) is 1. The minimum Gasteiger partial charge on any atom is -0.371 e. The standard InChI is InChI=1S/C8H17NO/c1-6(2)4-7(9-3)8-5-10-8/h6-9H,4-5H2,1-3H3/t7-,8+/m0/s1. The van der Waals surface area contributed by atoms with Gasteiger partial charge in [0, 0.05) is 6.04 Å². The molecule has 2 heteroatoms. The van der Waals surface area contributed by atoms with E-state index in [2.05, 4.69) is 19.2 Å². The number of ether oxygens (including phenoxy) is 1. The van der Waals surface area contributed by atoms with Crippen LogP contribution in [0.1, 0.15) is 20.3 Å². The highest BCUT2D eigenvalue weighted by Crippen LogP contribution is 2.19. The van der Waals surface area contributed by atoms with E-state index in [1.807, 2.05) is 7.05 Å². The lowest BCUT2D eigenvalue weighted by atomic mass is 10.0. The van der Waals surface area contributed by atoms with Gasteiger partial charge < -0.3 is 10.1 Å². The average Bonchev–Trinajstić information content (AvgIpc) is 2.63. The molecule has 0 saturated carbocycles. The van der Waals surface area contributed by atoms with Gasteiger partial charge in [0.25, 0.3) is 0 Å². The molecule has 2 nitrogen and oxygen atoms in total. The second kappa shape index (κ2) is 3.35. The van der Waals surface area contributed by atoms with Crippen LogP contribution in [0, 0.1) is 5.92 Å². The van der Waals surface area contributed by atoms with Gasteiger partial charge in [-0.1, -0.05) is 13.8 Å². The van der Waals surface area contributed by atoms with Gasteiger partial charge in [0.2, 0.25) is 0 Å². The number of rotatable bonds is 4. The monoisotopic (exact) mass is 143 g/mol. The second-order valence-electron chi connectivity index (χ2n) is 3.40. The summed E-state index contributed by atoms with van der Waals surface area (Å²) in [6.07, 6.45) is 1.73. The fourth-order valence-corrected chi connectivity index (χ4v) is 1.25. The quantitative estimate of drug-likeness (QED) is 0.594. The molecule has 10 heavy (non-hydrogen) atoms. The molecular formula is C8H17NO. The van der Waals surface area contributed by atoms with Crippen molar-refractivity contribution < 1.29 is 4.74 Å². The van der Waals surface area contributed by atoms with Gasteiger partial charge >= 0.3 is 0 Å². The number of epoxide rings is 1. The lowest BCUT2D eigenvalue weighted by Gasteiger charge is -2.15. The Hall–Kier alpha value is -0.0800. The third-order valence-corrected chi connectivity index (χ3v) is 1.90. The molecule has 0 bridgehead atoms. The predicted octanol–water partition coefficient (Wildman–Crippen LogP) is 1.02. The van der Waals surface area contributed by atoms with E-state index in [1.54, 1.807) is 0 Å². The van der Waals surface area contributed by atoms with Crippen LogP contribution in [0.3, 0.4) is 0 Å². The summed E-state index contributed by atoms with van der Waals surface area (Å²) in [6, 6.07) is 0.583. The molecule has 2 atom stereocenters. The summed E-state index contributed by atoms with van der Waals surface area (Å²) in [7, 11) is 2.01. The summed E-state index contributed by atoms with van der Waals surface area (Å²) in [5.41, 5.74) is 0. The van der Waals surface area contributed by atoms with Gasteiger partial charge in [-0.15, -0.1) is 0 Å². The van der Waals surface area contributed by atoms with Crippen molar-refractivity contribution in [1.29, 1.82) is 0 Å². The molecule has 1 aliphatic rings. The molecule has 1 rings (SSSR count). The van der Waals surface area contributed by atoms with Crippen molar-refractivity contribution in [3.63, 3.8) is 0 Å². The molecule has 0 radical (unpaired) electrons. The summed E-state index contributed by atoms with van der Waals surface area (Å²) in [6.45, 7) is 5.44. The highest BCUT2D eigenvalue weighted by atomic mass is 16.6. The van der Waals surface area contributed by atoms with Crippen LogP contribution < -0.4 is 5.32 Å². The molecule has 0 aromatic carbocycles. The molecule has 1 fully saturated rings. The van der Waals surface area contributed by atoms with Crippen LogP contribution in [-0.2, 0) is 4.74 Å². The van der Waals surface area contributed by atoms with Gasteiger partial charge in [-0.25, -0.2) is 0 Å². The van der Waals surface area contributed by atoms with Crippen LogP contribution in [0.5, 0.6) is 0 Å². The zero-order valence-electron chi connectivity index (χ0n) is 7.05. The summed E-state index contributed by atoms with van der Waals surface area (Å²) >= 11 is 0. The van der Waals surface area contributed by atoms with Crippen LogP contribution in [0.25, 0.3) is 0 Å². The number of nitrogens with one attached hydrogen (secondary N) is 1. The highest BCUT2D eigenvalue weighted by molar-refractivity contribution is 4.84. The molecule has 60 valence electrons. The van der Waals surface area contributed by atoms with E-state index in [-0.39, 0.29) is 0 Å². The Morgan fingerprint density at radius 1 is 1.60 bits per heavy atom. The molecule has 1 aliphatic heterocycles. The third kappa shape index (κ3) is 2.27. The lowest BCUT2D eigenvalue weighted by molar-refractivity contribution is 0.320. The average molecular weight is 143 g/mol. The zero-order chi connectivity index (χ0) is 7.56. The Labute approximate surface area is 63.0 Å². The SMILES string of the molecule is CN[C@@H](CC(C)C)[C@H]1CO1. The summed E-state index contributed by atoms with van der Waals surface area (Å²) in [4.78, 5) is 0. The molecule has 0 amide bonds. The fraction of sp³-hybridized carbons (Fsp3) is 1.00. The van der Waals surface area contributed by atoms with Crippen molar-refractivity contribution in [3.05, 3.63) is 0 Å². The van der Waals surface area contributed by atoms with E-state index in [4.69, 9.17) is 4.74 Å². The number of hydrogen-bond acceptors (Lipinski definition) is 2. The second-order valence-corrected chi connectivity index (χ2v) is 3.40. The molecule has 0 spiro atoms. The van der Waals surface area contributed by atoms with Crippen LogP contribution in [0.2, 0.25) is 0 Å². The lowest BCUT2D eigenvalue weighted by Crippen LogP contribution is -2.32. The molecule has 1 N–H and O–H groups in total. The highest BCUT2D eigenvalue weighted by Gasteiger charge is 2.31. The van der Waals surface area contributed by atoms with Crippen LogP contribution in [0.4, 0.5) is 0 Å². The summed E-state index contributed by atoms with van der Waals surface area (Å²) in [5, 5.41) is 3.27. The van der Waals surface area contributed by atoms with Crippen molar-refractivity contribution in [2.24, 2.45) is 5.92 Å². The molecule has 0 aromatic rings. The van der Waals surface area contributed by atoms with E-state index < -0.39 is 0 Å². The zero-order valence-corrected chi connectivity index (χ0v) is 7.05. The van der Waals surface area contributed by atoms with E-state index >= 15 is 0 Å². The van der Waals surface area contributed by atoms with Gasteiger partial charge in [-0.05, 0) is 19.4 Å². The van der Waals surface area contributed by atoms with Gasteiger partial charge in [-0.2, -0.15) is 0 Å². The maximum Gasteiger partial charge on any atom is 0.0962 e. The topological polar surface area (TPSA) is 24.6 Å². The molecule has 1 saturated heterocycles. The maximum absolute atomic E-state index is 5.20. The summed E-state index contributed by atoms with van der Waals surface area (Å²) < 4.78 is 5.20. The first-order chi connectivity index (χ1) is 4.74. The fourth-order valence-electron chi connectivity index (χ4n) is 1.25. The Balaban J connectivity index is 2.19. The molecule has 1 heterocycles. The van der Waals surface area contributed by atoms with E-state index in [0.29, 0.717) is 12.1 Å². The van der Waals surface area contributed by atoms with Crippen molar-refractivity contribution in [2.75, 3.05) is 13.7 Å². The van der Waals surface area contributed by atoms with Crippen molar-refractivity contribution >= 4 is 0 Å². The smallest absolute Gasteiger partial charge is 0.0962 e. The van der Waals surface area contributed by atoms with Crippen molar-refractivity contribution in [2.45, 2.75) is 32.4 Å². The van der Waals surface area contributed by atoms with Crippen molar-refractivity contribution in [1.82, 2.24) is 5.32 Å². The molecular weight excluding hydrogens is 126 g/mol. The van der Waals surface area contributed by atoms with Gasteiger partial charge in [0.05, 0.1) is 12.7 Å². The van der Waals surface area contributed by atoms with Crippen molar-refractivity contribution in [3.8, 4) is 0 Å². The molecule has 0 aromatic heterocycles. The first kappa shape index (κ1) is 8.02. The molecule has 0 unspecified atom stereocenters. The van der Waals surface area contributed by atoms with Crippen LogP contribution in [-0.4, -0.2) is 25.8 Å². The normalized spacial score (nSPS) is 27.0. The first-order valence-corrected chi connectivity index (χ1v) is 4.03. The van der Waals surface area contributed by atoms with Gasteiger partial charge in [-0.3, -0.25) is 0 Å². The Morgan fingerprint density at radius 2 is 2.20 bits per heavy atom. The predicted molar refractivity (Wildman–Crippen MR) is 42.0 cm³/mol. The Kier molecular flexibility index (Phi) is 2.69. The van der Waals surface area contributed by atoms with Gasteiger partial charge in [0.1, 0.15) is 0 Å². The Bertz CT molecular complexity index is 99.4. The summed E-state index contributed by atoms with van der Waals surface area (Å²) in [5.74, 6) is 0.765. The van der Waals surface area contributed by atoms with E-state index in [0.717, 1.165) is 12.5 Å². The molecule has 0 aliphatic carbocycles. The van der Waals surface area contributed by atoms with Crippen LogP contribution >= 0.6 is 0 Å². The van der Waals surface area contributed by atoms with E-state index in [1.165, 1.54) is 6.42 Å². The third-order valence-electron chi connectivity index (χ3n) is 1.90. The van der Waals surface area contributed by atoms with Crippen LogP contribution in [0.15, 0.2) is 0 Å². The Morgan fingerprint density at radius 3 is 2.50 bits per heavy atom. The first-order valence-electron chi connectivity index (χ1n) is 4.03. The number of likely N-dealkylation sites (N-methyl/N-ethyl adjacent to an activating group) is 1. The largest absolute Gasteiger partial charge is 0.371 e. The minimum absolute atomic E-state index is 0.507.